The van der Waals surface area contributed by atoms with Gasteiger partial charge in [0.1, 0.15) is 0 Å². The van der Waals surface area contributed by atoms with Crippen LogP contribution in [0.3, 0.4) is 0 Å². The van der Waals surface area contributed by atoms with E-state index < -0.39 is 18.0 Å². The average Bonchev–Trinajstić information content (AvgIpc) is 2.58. The molecule has 0 bridgehead atoms. The zero-order chi connectivity index (χ0) is 20.4. The smallest absolute Gasteiger partial charge is 0.0253 e. The predicted octanol–water partition coefficient (Wildman–Crippen LogP) is 1.59. The van der Waals surface area contributed by atoms with Crippen molar-refractivity contribution in [1.29, 1.82) is 0 Å². The van der Waals surface area contributed by atoms with E-state index in [0.29, 0.717) is 18.0 Å². The average molecular weight is 494 g/mol. The second kappa shape index (κ2) is 11.7. The van der Waals surface area contributed by atoms with Gasteiger partial charge in [0.2, 0.25) is 0 Å². The Kier molecular flexibility index (Phi) is 10.4. The maximum absolute atomic E-state index is 12.1. The summed E-state index contributed by atoms with van der Waals surface area (Å²) < 4.78 is 23.7. The molecule has 2 unspecified atom stereocenters. The van der Waals surface area contributed by atoms with E-state index in [1.54, 1.807) is 13.2 Å². The Morgan fingerprint density at radius 3 is 2.56 bits per heavy atom. The molecule has 1 rings (SSSR count). The minimum Gasteiger partial charge on any atom is -0.0253 e. The standard InChI is InChI=1S/C20H33INO5/c1-8-14(2)26-17-13-15(18(24-7)25-12-11-21-6)9-10-16(17)22-19(23)27-20(3,4)5/h9-10,13-14,18H,8,11-12H2,1-7H3,(H,22,23)/q-1. The van der Waals surface area contributed by atoms with Crippen molar-refractivity contribution in [2.75, 3.05) is 28.4 Å². The van der Waals surface area contributed by atoms with Crippen LogP contribution < -0.4 is 31.3 Å². The van der Waals surface area contributed by atoms with Crippen LogP contribution in [0.25, 0.3) is 0 Å². The molecule has 1 N–H and O–H groups in total. The number of methoxy groups -OCH3 is 1. The molecule has 0 saturated carbocycles. The molecule has 1 aromatic carbocycles. The fourth-order valence-electron chi connectivity index (χ4n) is 2.13. The molecule has 0 aliphatic rings. The maximum atomic E-state index is 12.1. The first-order valence-corrected chi connectivity index (χ1v) is 12.8. The number of amides is 1. The second-order valence-electron chi connectivity index (χ2n) is 7.11. The number of alkyl halides is 2. The molecule has 2 atom stereocenters. The molecular formula is C20H33INO5-. The van der Waals surface area contributed by atoms with Gasteiger partial charge in [0, 0.05) is 0 Å². The van der Waals surface area contributed by atoms with Gasteiger partial charge in [0.25, 0.3) is 0 Å². The van der Waals surface area contributed by atoms with E-state index in [1.165, 1.54) is 0 Å². The number of benzene rings is 1. The number of nitrogens with one attached hydrogen (secondary N) is 1. The van der Waals surface area contributed by atoms with Gasteiger partial charge in [-0.2, -0.15) is 0 Å². The molecule has 0 aliphatic heterocycles. The summed E-state index contributed by atoms with van der Waals surface area (Å²) in [5, 5.41) is 2.77. The number of hydrogen-bond acceptors (Lipinski definition) is 5. The van der Waals surface area contributed by atoms with Crippen molar-refractivity contribution in [3.8, 4) is 5.75 Å². The van der Waals surface area contributed by atoms with Crippen LogP contribution in [0.5, 0.6) is 5.75 Å². The van der Waals surface area contributed by atoms with Gasteiger partial charge in [-0.1, -0.05) is 0 Å². The quantitative estimate of drug-likeness (QED) is 0.232. The third-order valence-electron chi connectivity index (χ3n) is 3.57. The van der Waals surface area contributed by atoms with Crippen molar-refractivity contribution in [2.45, 2.75) is 59.0 Å². The SMILES string of the molecule is CCC(C)Oc1cc(C(OC)OCC[I-]C)ccc1NC(=O)OC(C)(C)C. The summed E-state index contributed by atoms with van der Waals surface area (Å²) >= 11 is 0.185. The van der Waals surface area contributed by atoms with E-state index in [0.717, 1.165) is 16.4 Å². The van der Waals surface area contributed by atoms with Gasteiger partial charge in [-0.3, -0.25) is 0 Å². The third-order valence-corrected chi connectivity index (χ3v) is 5.09. The Labute approximate surface area is 173 Å². The van der Waals surface area contributed by atoms with E-state index in [1.807, 2.05) is 46.8 Å². The number of carbonyl (C=O) groups excluding carboxylic acids is 1. The molecule has 7 heteroatoms. The zero-order valence-corrected chi connectivity index (χ0v) is 19.6. The van der Waals surface area contributed by atoms with Gasteiger partial charge in [0.15, 0.2) is 0 Å². The van der Waals surface area contributed by atoms with Crippen LogP contribution in [0.4, 0.5) is 10.5 Å². The summed E-state index contributed by atoms with van der Waals surface area (Å²) in [5.41, 5.74) is 0.834. The van der Waals surface area contributed by atoms with Crippen LogP contribution in [0.2, 0.25) is 0 Å². The van der Waals surface area contributed by atoms with Gasteiger partial charge < -0.3 is 0 Å². The van der Waals surface area contributed by atoms with E-state index >= 15 is 0 Å². The summed E-state index contributed by atoms with van der Waals surface area (Å²) in [6.45, 7) is 10.2. The fraction of sp³-hybridized carbons (Fsp3) is 0.650. The third kappa shape index (κ3) is 9.12. The second-order valence-corrected chi connectivity index (χ2v) is 9.72. The van der Waals surface area contributed by atoms with Crippen molar-refractivity contribution in [3.63, 3.8) is 0 Å². The van der Waals surface area contributed by atoms with Crippen molar-refractivity contribution in [3.05, 3.63) is 23.8 Å². The Balaban J connectivity index is 3.03. The Morgan fingerprint density at radius 1 is 1.30 bits per heavy atom. The summed E-state index contributed by atoms with van der Waals surface area (Å²) in [6.07, 6.45) is -0.127. The van der Waals surface area contributed by atoms with Crippen LogP contribution in [0, 0.1) is 0 Å². The Bertz CT molecular complexity index is 588. The molecule has 0 saturated heterocycles. The molecule has 0 fully saturated rings. The first-order valence-electron chi connectivity index (χ1n) is 9.09. The number of rotatable bonds is 10. The Hall–Kier alpha value is -1.06. The number of anilines is 1. The van der Waals surface area contributed by atoms with Gasteiger partial charge in [-0.25, -0.2) is 0 Å². The molecule has 1 amide bonds. The number of halogens is 1. The van der Waals surface area contributed by atoms with Crippen LogP contribution in [-0.2, 0) is 14.2 Å². The summed E-state index contributed by atoms with van der Waals surface area (Å²) in [5.74, 6) is 0.571. The van der Waals surface area contributed by atoms with E-state index in [-0.39, 0.29) is 27.3 Å². The molecular weight excluding hydrogens is 461 g/mol. The number of hydrogen-bond donors (Lipinski definition) is 1. The zero-order valence-electron chi connectivity index (χ0n) is 17.4. The molecule has 1 aromatic rings. The summed E-state index contributed by atoms with van der Waals surface area (Å²) in [6, 6.07) is 5.51. The molecule has 0 spiro atoms. The molecule has 6 nitrogen and oxygen atoms in total. The van der Waals surface area contributed by atoms with Crippen LogP contribution in [-0.4, -0.2) is 40.9 Å². The van der Waals surface area contributed by atoms with Gasteiger partial charge in [-0.05, 0) is 20.8 Å². The summed E-state index contributed by atoms with van der Waals surface area (Å²) in [7, 11) is 1.62. The van der Waals surface area contributed by atoms with E-state index in [9.17, 15) is 4.79 Å². The summed E-state index contributed by atoms with van der Waals surface area (Å²) in [4.78, 5) is 14.4. The van der Waals surface area contributed by atoms with Crippen molar-refractivity contribution in [2.24, 2.45) is 0 Å². The minimum absolute atomic E-state index is 0.00573. The topological polar surface area (TPSA) is 66.0 Å². The van der Waals surface area contributed by atoms with Gasteiger partial charge >= 0.3 is 153 Å². The Morgan fingerprint density at radius 2 is 2.00 bits per heavy atom. The normalized spacial score (nSPS) is 13.9. The van der Waals surface area contributed by atoms with Crippen LogP contribution in [0.1, 0.15) is 52.9 Å². The molecule has 27 heavy (non-hydrogen) atoms. The monoisotopic (exact) mass is 494 g/mol. The molecule has 0 aromatic heterocycles. The molecule has 0 heterocycles. The number of ether oxygens (including phenoxy) is 4. The van der Waals surface area contributed by atoms with E-state index in [2.05, 4.69) is 10.2 Å². The van der Waals surface area contributed by atoms with Crippen molar-refractivity contribution >= 4 is 11.8 Å². The van der Waals surface area contributed by atoms with Crippen molar-refractivity contribution in [1.82, 2.24) is 0 Å². The van der Waals surface area contributed by atoms with Gasteiger partial charge in [0.05, 0.1) is 0 Å². The molecule has 0 aliphatic carbocycles. The number of carbonyl (C=O) groups is 1. The molecule has 156 valence electrons. The van der Waals surface area contributed by atoms with Crippen LogP contribution in [0.15, 0.2) is 18.2 Å². The minimum atomic E-state index is -0.571. The van der Waals surface area contributed by atoms with E-state index in [4.69, 9.17) is 18.9 Å². The van der Waals surface area contributed by atoms with Crippen LogP contribution >= 0.6 is 0 Å². The first-order chi connectivity index (χ1) is 12.7. The first kappa shape index (κ1) is 24.0. The fourth-order valence-corrected chi connectivity index (χ4v) is 2.82. The van der Waals surface area contributed by atoms with Crippen molar-refractivity contribution < 1.29 is 44.9 Å². The molecule has 0 radical (unpaired) electrons. The predicted molar refractivity (Wildman–Crippen MR) is 103 cm³/mol. The van der Waals surface area contributed by atoms with Gasteiger partial charge in [-0.15, -0.1) is 0 Å².